The maximum atomic E-state index is 4.66. The van der Waals surface area contributed by atoms with E-state index in [0.29, 0.717) is 5.92 Å². The Balaban J connectivity index is 2.12. The van der Waals surface area contributed by atoms with Gasteiger partial charge in [0, 0.05) is 31.3 Å². The van der Waals surface area contributed by atoms with Crippen molar-refractivity contribution in [3.05, 3.63) is 17.6 Å². The average molecular weight is 219 g/mol. The van der Waals surface area contributed by atoms with Crippen LogP contribution in [0, 0.1) is 6.92 Å². The minimum atomic E-state index is 0.637. The quantitative estimate of drug-likeness (QED) is 0.762. The molecular weight excluding hydrogens is 198 g/mol. The number of hydrogen-bond acceptors (Lipinski definition) is 3. The molecule has 3 heteroatoms. The molecule has 0 aromatic carbocycles. The molecule has 0 bridgehead atoms. The second kappa shape index (κ2) is 4.81. The van der Waals surface area contributed by atoms with E-state index >= 15 is 0 Å². The Bertz CT molecular complexity index is 358. The molecule has 0 spiro atoms. The smallest absolute Gasteiger partial charge is 0.134 e. The molecule has 0 aliphatic heterocycles. The fraction of sp³-hybridized carbons (Fsp3) is 0.692. The summed E-state index contributed by atoms with van der Waals surface area (Å²) in [6, 6.07) is 2.08. The van der Waals surface area contributed by atoms with Crippen LogP contribution in [0.4, 0.5) is 5.82 Å². The van der Waals surface area contributed by atoms with Crippen molar-refractivity contribution in [1.82, 2.24) is 9.97 Å². The summed E-state index contributed by atoms with van der Waals surface area (Å²) < 4.78 is 0. The molecule has 1 heterocycles. The summed E-state index contributed by atoms with van der Waals surface area (Å²) in [6.07, 6.45) is 4.98. The number of aryl methyl sites for hydroxylation is 1. The third-order valence-electron chi connectivity index (χ3n) is 3.04. The van der Waals surface area contributed by atoms with E-state index in [4.69, 9.17) is 0 Å². The monoisotopic (exact) mass is 219 g/mol. The topological polar surface area (TPSA) is 29.0 Å². The highest BCUT2D eigenvalue weighted by molar-refractivity contribution is 5.39. The van der Waals surface area contributed by atoms with E-state index in [9.17, 15) is 0 Å². The van der Waals surface area contributed by atoms with Crippen LogP contribution in [-0.2, 0) is 0 Å². The van der Waals surface area contributed by atoms with Gasteiger partial charge in [-0.1, -0.05) is 13.3 Å². The maximum Gasteiger partial charge on any atom is 0.134 e. The van der Waals surface area contributed by atoms with Crippen LogP contribution in [0.5, 0.6) is 0 Å². The Labute approximate surface area is 97.9 Å². The standard InChI is InChI=1S/C13H21N3/c1-4-5-8-16(3)12-9-10(2)14-13(15-12)11-6-7-11/h9,11H,4-8H2,1-3H3. The lowest BCUT2D eigenvalue weighted by Crippen LogP contribution is -2.20. The molecule has 88 valence electrons. The summed E-state index contributed by atoms with van der Waals surface area (Å²) in [5.74, 6) is 2.78. The normalized spacial score (nSPS) is 15.2. The molecule has 0 unspecified atom stereocenters. The van der Waals surface area contributed by atoms with Crippen LogP contribution >= 0.6 is 0 Å². The van der Waals surface area contributed by atoms with E-state index in [-0.39, 0.29) is 0 Å². The van der Waals surface area contributed by atoms with Crippen molar-refractivity contribution in [3.8, 4) is 0 Å². The largest absolute Gasteiger partial charge is 0.360 e. The lowest BCUT2D eigenvalue weighted by Gasteiger charge is -2.18. The molecule has 0 atom stereocenters. The Morgan fingerprint density at radius 2 is 2.12 bits per heavy atom. The molecule has 0 saturated heterocycles. The number of anilines is 1. The van der Waals surface area contributed by atoms with E-state index < -0.39 is 0 Å². The summed E-state index contributed by atoms with van der Waals surface area (Å²) in [5.41, 5.74) is 1.09. The molecule has 0 amide bonds. The highest BCUT2D eigenvalue weighted by Gasteiger charge is 2.27. The van der Waals surface area contributed by atoms with Crippen molar-refractivity contribution in [1.29, 1.82) is 0 Å². The lowest BCUT2D eigenvalue weighted by atomic mass is 10.3. The van der Waals surface area contributed by atoms with Gasteiger partial charge in [0.15, 0.2) is 0 Å². The first-order valence-electron chi connectivity index (χ1n) is 6.27. The Morgan fingerprint density at radius 3 is 2.75 bits per heavy atom. The van der Waals surface area contributed by atoms with Crippen LogP contribution in [-0.4, -0.2) is 23.6 Å². The zero-order valence-electron chi connectivity index (χ0n) is 10.5. The summed E-state index contributed by atoms with van der Waals surface area (Å²) in [4.78, 5) is 11.4. The Morgan fingerprint density at radius 1 is 1.38 bits per heavy atom. The molecular formula is C13H21N3. The highest BCUT2D eigenvalue weighted by atomic mass is 15.2. The van der Waals surface area contributed by atoms with Gasteiger partial charge >= 0.3 is 0 Å². The van der Waals surface area contributed by atoms with Gasteiger partial charge in [-0.2, -0.15) is 0 Å². The molecule has 16 heavy (non-hydrogen) atoms. The Hall–Kier alpha value is -1.12. The molecule has 3 nitrogen and oxygen atoms in total. The van der Waals surface area contributed by atoms with Crippen molar-refractivity contribution in [3.63, 3.8) is 0 Å². The highest BCUT2D eigenvalue weighted by Crippen LogP contribution is 2.38. The zero-order chi connectivity index (χ0) is 11.5. The van der Waals surface area contributed by atoms with Crippen molar-refractivity contribution in [2.45, 2.75) is 45.4 Å². The third-order valence-corrected chi connectivity index (χ3v) is 3.04. The van der Waals surface area contributed by atoms with Crippen LogP contribution in [0.3, 0.4) is 0 Å². The van der Waals surface area contributed by atoms with Gasteiger partial charge in [-0.25, -0.2) is 9.97 Å². The average Bonchev–Trinajstić information content (AvgIpc) is 3.08. The number of nitrogens with zero attached hydrogens (tertiary/aromatic N) is 3. The van der Waals surface area contributed by atoms with E-state index in [1.54, 1.807) is 0 Å². The molecule has 0 radical (unpaired) electrons. The van der Waals surface area contributed by atoms with Gasteiger partial charge in [-0.05, 0) is 26.2 Å². The minimum Gasteiger partial charge on any atom is -0.360 e. The van der Waals surface area contributed by atoms with Gasteiger partial charge < -0.3 is 4.90 Å². The second-order valence-corrected chi connectivity index (χ2v) is 4.78. The molecule has 1 aromatic rings. The molecule has 0 N–H and O–H groups in total. The molecule has 2 rings (SSSR count). The van der Waals surface area contributed by atoms with E-state index in [0.717, 1.165) is 23.9 Å². The van der Waals surface area contributed by atoms with Crippen molar-refractivity contribution in [2.75, 3.05) is 18.5 Å². The Kier molecular flexibility index (Phi) is 3.42. The summed E-state index contributed by atoms with van der Waals surface area (Å²) in [5, 5.41) is 0. The van der Waals surface area contributed by atoms with Crippen molar-refractivity contribution < 1.29 is 0 Å². The first-order chi connectivity index (χ1) is 7.70. The van der Waals surface area contributed by atoms with Gasteiger partial charge in [-0.3, -0.25) is 0 Å². The fourth-order valence-electron chi connectivity index (χ4n) is 1.80. The van der Waals surface area contributed by atoms with Gasteiger partial charge in [0.1, 0.15) is 11.6 Å². The second-order valence-electron chi connectivity index (χ2n) is 4.78. The molecule has 1 fully saturated rings. The predicted octanol–water partition coefficient (Wildman–Crippen LogP) is 2.90. The van der Waals surface area contributed by atoms with Crippen LogP contribution in [0.2, 0.25) is 0 Å². The molecule has 1 aliphatic rings. The summed E-state index contributed by atoms with van der Waals surface area (Å²) >= 11 is 0. The van der Waals surface area contributed by atoms with Crippen molar-refractivity contribution >= 4 is 5.82 Å². The van der Waals surface area contributed by atoms with E-state index in [1.807, 2.05) is 0 Å². The molecule has 1 aromatic heterocycles. The van der Waals surface area contributed by atoms with E-state index in [1.165, 1.54) is 25.7 Å². The van der Waals surface area contributed by atoms with Crippen LogP contribution in [0.1, 0.15) is 50.0 Å². The summed E-state index contributed by atoms with van der Waals surface area (Å²) in [7, 11) is 2.12. The van der Waals surface area contributed by atoms with Crippen LogP contribution in [0.15, 0.2) is 6.07 Å². The van der Waals surface area contributed by atoms with Gasteiger partial charge in [-0.15, -0.1) is 0 Å². The molecule has 1 aliphatic carbocycles. The maximum absolute atomic E-state index is 4.66. The van der Waals surface area contributed by atoms with Gasteiger partial charge in [0.2, 0.25) is 0 Å². The zero-order valence-corrected chi connectivity index (χ0v) is 10.5. The van der Waals surface area contributed by atoms with Crippen LogP contribution in [0.25, 0.3) is 0 Å². The number of hydrogen-bond donors (Lipinski definition) is 0. The molecule has 1 saturated carbocycles. The number of unbranched alkanes of at least 4 members (excludes halogenated alkanes) is 1. The lowest BCUT2D eigenvalue weighted by molar-refractivity contribution is 0.751. The van der Waals surface area contributed by atoms with E-state index in [2.05, 4.69) is 41.8 Å². The first-order valence-corrected chi connectivity index (χ1v) is 6.27. The number of aromatic nitrogens is 2. The fourth-order valence-corrected chi connectivity index (χ4v) is 1.80. The SMILES string of the molecule is CCCCN(C)c1cc(C)nc(C2CC2)n1. The minimum absolute atomic E-state index is 0.637. The third kappa shape index (κ3) is 2.71. The first kappa shape index (κ1) is 11.4. The summed E-state index contributed by atoms with van der Waals surface area (Å²) in [6.45, 7) is 5.36. The predicted molar refractivity (Wildman–Crippen MR) is 66.9 cm³/mol. The van der Waals surface area contributed by atoms with Gasteiger partial charge in [0.25, 0.3) is 0 Å². The number of rotatable bonds is 5. The van der Waals surface area contributed by atoms with Crippen molar-refractivity contribution in [2.24, 2.45) is 0 Å². The van der Waals surface area contributed by atoms with Crippen LogP contribution < -0.4 is 4.90 Å². The van der Waals surface area contributed by atoms with Gasteiger partial charge in [0.05, 0.1) is 0 Å².